The second-order valence-corrected chi connectivity index (χ2v) is 5.38. The first-order valence-corrected chi connectivity index (χ1v) is 7.56. The summed E-state index contributed by atoms with van der Waals surface area (Å²) in [6.45, 7) is 7.66. The van der Waals surface area contributed by atoms with E-state index in [0.717, 1.165) is 18.3 Å². The Kier molecular flexibility index (Phi) is 12.0. The standard InChI is InChI=1S/C14H30OS/c1-4-5-6-7-8-14(3)15-11-9-13(2)10-12-16/h13-14,16H,4-12H2,1-3H3. The van der Waals surface area contributed by atoms with Crippen LogP contribution in [0.2, 0.25) is 0 Å². The molecule has 0 aliphatic carbocycles. The van der Waals surface area contributed by atoms with Crippen LogP contribution in [0.4, 0.5) is 0 Å². The van der Waals surface area contributed by atoms with Gasteiger partial charge in [-0.1, -0.05) is 39.5 Å². The van der Waals surface area contributed by atoms with Crippen LogP contribution in [-0.4, -0.2) is 18.5 Å². The fraction of sp³-hybridized carbons (Fsp3) is 1.00. The van der Waals surface area contributed by atoms with Crippen LogP contribution >= 0.6 is 12.6 Å². The Balaban J connectivity index is 3.26. The number of thiol groups is 1. The van der Waals surface area contributed by atoms with Crippen LogP contribution in [-0.2, 0) is 4.74 Å². The third kappa shape index (κ3) is 10.8. The van der Waals surface area contributed by atoms with Gasteiger partial charge in [0.25, 0.3) is 0 Å². The first kappa shape index (κ1) is 16.3. The van der Waals surface area contributed by atoms with Crippen LogP contribution in [0, 0.1) is 5.92 Å². The SMILES string of the molecule is CCCCCCC(C)OCCC(C)CCS. The summed E-state index contributed by atoms with van der Waals surface area (Å²) < 4.78 is 5.81. The Morgan fingerprint density at radius 3 is 2.38 bits per heavy atom. The van der Waals surface area contributed by atoms with Crippen molar-refractivity contribution < 1.29 is 4.74 Å². The van der Waals surface area contributed by atoms with Gasteiger partial charge in [0.05, 0.1) is 6.10 Å². The molecule has 0 fully saturated rings. The van der Waals surface area contributed by atoms with E-state index >= 15 is 0 Å². The molecule has 98 valence electrons. The van der Waals surface area contributed by atoms with Gasteiger partial charge >= 0.3 is 0 Å². The van der Waals surface area contributed by atoms with Crippen molar-refractivity contribution in [3.05, 3.63) is 0 Å². The van der Waals surface area contributed by atoms with Crippen LogP contribution in [0.15, 0.2) is 0 Å². The largest absolute Gasteiger partial charge is 0.379 e. The maximum Gasteiger partial charge on any atom is 0.0547 e. The van der Waals surface area contributed by atoms with E-state index in [-0.39, 0.29) is 0 Å². The zero-order valence-corrected chi connectivity index (χ0v) is 12.3. The van der Waals surface area contributed by atoms with Gasteiger partial charge in [-0.3, -0.25) is 0 Å². The second kappa shape index (κ2) is 11.8. The fourth-order valence-corrected chi connectivity index (χ4v) is 2.22. The maximum absolute atomic E-state index is 5.81. The van der Waals surface area contributed by atoms with Crippen LogP contribution in [0.25, 0.3) is 0 Å². The van der Waals surface area contributed by atoms with Crippen LogP contribution in [0.5, 0.6) is 0 Å². The van der Waals surface area contributed by atoms with Crippen molar-refractivity contribution in [2.45, 2.75) is 71.8 Å². The quantitative estimate of drug-likeness (QED) is 0.410. The first-order valence-electron chi connectivity index (χ1n) is 6.93. The molecule has 0 radical (unpaired) electrons. The average Bonchev–Trinajstić information content (AvgIpc) is 2.25. The Labute approximate surface area is 108 Å². The summed E-state index contributed by atoms with van der Waals surface area (Å²) in [7, 11) is 0. The lowest BCUT2D eigenvalue weighted by molar-refractivity contribution is 0.0504. The highest BCUT2D eigenvalue weighted by atomic mass is 32.1. The molecule has 16 heavy (non-hydrogen) atoms. The summed E-state index contributed by atoms with van der Waals surface area (Å²) in [4.78, 5) is 0. The Morgan fingerprint density at radius 1 is 1.00 bits per heavy atom. The zero-order chi connectivity index (χ0) is 12.2. The van der Waals surface area contributed by atoms with Crippen LogP contribution in [0.1, 0.15) is 65.7 Å². The third-order valence-electron chi connectivity index (χ3n) is 3.10. The molecule has 0 saturated carbocycles. The number of hydrogen-bond donors (Lipinski definition) is 1. The number of hydrogen-bond acceptors (Lipinski definition) is 2. The third-order valence-corrected chi connectivity index (χ3v) is 3.36. The van der Waals surface area contributed by atoms with Crippen LogP contribution < -0.4 is 0 Å². The van der Waals surface area contributed by atoms with Crippen molar-refractivity contribution in [2.75, 3.05) is 12.4 Å². The lowest BCUT2D eigenvalue weighted by Crippen LogP contribution is -2.11. The summed E-state index contributed by atoms with van der Waals surface area (Å²) in [5.41, 5.74) is 0. The Hall–Kier alpha value is 0.310. The van der Waals surface area contributed by atoms with Gasteiger partial charge in [0.15, 0.2) is 0 Å². The molecule has 0 N–H and O–H groups in total. The van der Waals surface area contributed by atoms with Crippen LogP contribution in [0.3, 0.4) is 0 Å². The molecule has 2 atom stereocenters. The molecule has 0 aliphatic rings. The fourth-order valence-electron chi connectivity index (χ4n) is 1.78. The van der Waals surface area contributed by atoms with E-state index in [0.29, 0.717) is 6.10 Å². The molecule has 0 amide bonds. The average molecular weight is 246 g/mol. The number of unbranched alkanes of at least 4 members (excludes halogenated alkanes) is 3. The molecule has 2 heteroatoms. The van der Waals surface area contributed by atoms with E-state index in [9.17, 15) is 0 Å². The minimum atomic E-state index is 0.444. The molecule has 2 unspecified atom stereocenters. The van der Waals surface area contributed by atoms with Crippen molar-refractivity contribution in [1.82, 2.24) is 0 Å². The van der Waals surface area contributed by atoms with E-state index in [1.54, 1.807) is 0 Å². The second-order valence-electron chi connectivity index (χ2n) is 4.94. The smallest absolute Gasteiger partial charge is 0.0547 e. The number of ether oxygens (including phenoxy) is 1. The van der Waals surface area contributed by atoms with Crippen molar-refractivity contribution in [3.8, 4) is 0 Å². The minimum absolute atomic E-state index is 0.444. The molecular weight excluding hydrogens is 216 g/mol. The maximum atomic E-state index is 5.81. The first-order chi connectivity index (χ1) is 7.70. The monoisotopic (exact) mass is 246 g/mol. The van der Waals surface area contributed by atoms with Gasteiger partial charge in [-0.25, -0.2) is 0 Å². The highest BCUT2D eigenvalue weighted by Gasteiger charge is 2.04. The lowest BCUT2D eigenvalue weighted by atomic mass is 10.1. The Bertz CT molecular complexity index is 139. The molecule has 0 aromatic heterocycles. The zero-order valence-electron chi connectivity index (χ0n) is 11.4. The molecule has 0 bridgehead atoms. The van der Waals surface area contributed by atoms with Gasteiger partial charge in [-0.15, -0.1) is 0 Å². The molecule has 0 aromatic carbocycles. The topological polar surface area (TPSA) is 9.23 Å². The van der Waals surface area contributed by atoms with Gasteiger partial charge in [0.1, 0.15) is 0 Å². The van der Waals surface area contributed by atoms with Crippen molar-refractivity contribution in [1.29, 1.82) is 0 Å². The molecule has 1 nitrogen and oxygen atoms in total. The van der Waals surface area contributed by atoms with E-state index in [2.05, 4.69) is 33.4 Å². The normalized spacial score (nSPS) is 15.0. The van der Waals surface area contributed by atoms with E-state index in [4.69, 9.17) is 4.74 Å². The molecule has 0 spiro atoms. The van der Waals surface area contributed by atoms with E-state index in [1.165, 1.54) is 44.9 Å². The Morgan fingerprint density at radius 2 is 1.75 bits per heavy atom. The highest BCUT2D eigenvalue weighted by molar-refractivity contribution is 7.80. The lowest BCUT2D eigenvalue weighted by Gasteiger charge is -2.15. The number of rotatable bonds is 11. The van der Waals surface area contributed by atoms with Crippen molar-refractivity contribution in [2.24, 2.45) is 5.92 Å². The molecule has 0 aliphatic heterocycles. The van der Waals surface area contributed by atoms with Gasteiger partial charge in [0, 0.05) is 6.61 Å². The molecular formula is C14H30OS. The van der Waals surface area contributed by atoms with E-state index in [1.807, 2.05) is 0 Å². The molecule has 0 rings (SSSR count). The summed E-state index contributed by atoms with van der Waals surface area (Å²) >= 11 is 4.25. The highest BCUT2D eigenvalue weighted by Crippen LogP contribution is 2.11. The molecule has 0 aromatic rings. The predicted octanol–water partition coefficient (Wildman–Crippen LogP) is 4.71. The van der Waals surface area contributed by atoms with Gasteiger partial charge in [-0.05, 0) is 37.9 Å². The summed E-state index contributed by atoms with van der Waals surface area (Å²) in [6, 6.07) is 0. The summed E-state index contributed by atoms with van der Waals surface area (Å²) in [6.07, 6.45) is 9.42. The minimum Gasteiger partial charge on any atom is -0.379 e. The van der Waals surface area contributed by atoms with Gasteiger partial charge in [-0.2, -0.15) is 12.6 Å². The van der Waals surface area contributed by atoms with E-state index < -0.39 is 0 Å². The van der Waals surface area contributed by atoms with Crippen molar-refractivity contribution in [3.63, 3.8) is 0 Å². The van der Waals surface area contributed by atoms with Gasteiger partial charge in [0.2, 0.25) is 0 Å². The van der Waals surface area contributed by atoms with Gasteiger partial charge < -0.3 is 4.74 Å². The molecule has 0 saturated heterocycles. The summed E-state index contributed by atoms with van der Waals surface area (Å²) in [5.74, 6) is 1.75. The molecule has 0 heterocycles. The van der Waals surface area contributed by atoms with Crippen molar-refractivity contribution >= 4 is 12.6 Å². The summed E-state index contributed by atoms with van der Waals surface area (Å²) in [5, 5.41) is 0. The predicted molar refractivity (Wildman–Crippen MR) is 76.4 cm³/mol.